The fourth-order valence-corrected chi connectivity index (χ4v) is 2.48. The van der Waals surface area contributed by atoms with Crippen LogP contribution in [0.3, 0.4) is 0 Å². The zero-order valence-electron chi connectivity index (χ0n) is 14.2. The Balaban J connectivity index is 2.14. The Morgan fingerprint density at radius 3 is 1.92 bits per heavy atom. The Morgan fingerprint density at radius 1 is 0.840 bits per heavy atom. The van der Waals surface area contributed by atoms with Gasteiger partial charge in [0.1, 0.15) is 0 Å². The highest BCUT2D eigenvalue weighted by molar-refractivity contribution is 5.54. The zero-order valence-corrected chi connectivity index (χ0v) is 14.2. The monoisotopic (exact) mass is 354 g/mol. The third-order valence-corrected chi connectivity index (χ3v) is 3.67. The molecule has 0 unspecified atom stereocenters. The van der Waals surface area contributed by atoms with Gasteiger partial charge in [0.2, 0.25) is 5.75 Å². The Morgan fingerprint density at radius 2 is 1.44 bits per heavy atom. The Bertz CT molecular complexity index is 694. The van der Waals surface area contributed by atoms with Gasteiger partial charge in [-0.15, -0.1) is 0 Å². The number of phenols is 1. The van der Waals surface area contributed by atoms with E-state index in [1.54, 1.807) is 20.3 Å². The quantitative estimate of drug-likeness (QED) is 0.781. The third-order valence-electron chi connectivity index (χ3n) is 3.67. The first-order chi connectivity index (χ1) is 12.0. The number of ether oxygens (including phenoxy) is 4. The van der Waals surface area contributed by atoms with Crippen LogP contribution in [-0.4, -0.2) is 33.0 Å². The van der Waals surface area contributed by atoms with Crippen molar-refractivity contribution < 1.29 is 32.8 Å². The fourth-order valence-electron chi connectivity index (χ4n) is 2.48. The molecule has 136 valence electrons. The summed E-state index contributed by atoms with van der Waals surface area (Å²) in [4.78, 5) is 0. The first-order valence-electron chi connectivity index (χ1n) is 7.54. The van der Waals surface area contributed by atoms with Crippen LogP contribution in [0, 0.1) is 0 Å². The largest absolute Gasteiger partial charge is 0.504 e. The standard InChI is InChI=1S/C18H20F2O5/c1-22-15-9-12(10-16(23-2)17(15)24-3)5-4-11-6-7-14(13(21)8-11)25-18(19)20/h6-10,18,21H,4-5H2,1-3H3. The molecular weight excluding hydrogens is 334 g/mol. The number of alkyl halides is 2. The van der Waals surface area contributed by atoms with Crippen molar-refractivity contribution in [3.8, 4) is 28.7 Å². The lowest BCUT2D eigenvalue weighted by molar-refractivity contribution is -0.0512. The highest BCUT2D eigenvalue weighted by Crippen LogP contribution is 2.38. The van der Waals surface area contributed by atoms with Crippen molar-refractivity contribution in [1.29, 1.82) is 0 Å². The second-order valence-corrected chi connectivity index (χ2v) is 5.21. The van der Waals surface area contributed by atoms with Crippen molar-refractivity contribution in [3.05, 3.63) is 41.5 Å². The van der Waals surface area contributed by atoms with E-state index in [4.69, 9.17) is 14.2 Å². The summed E-state index contributed by atoms with van der Waals surface area (Å²) in [6.45, 7) is -2.98. The Hall–Kier alpha value is -2.70. The van der Waals surface area contributed by atoms with Gasteiger partial charge in [-0.1, -0.05) is 6.07 Å². The van der Waals surface area contributed by atoms with Crippen molar-refractivity contribution in [3.63, 3.8) is 0 Å². The summed E-state index contributed by atoms with van der Waals surface area (Å²) in [7, 11) is 4.62. The molecule has 1 N–H and O–H groups in total. The van der Waals surface area contributed by atoms with E-state index in [-0.39, 0.29) is 11.5 Å². The summed E-state index contributed by atoms with van der Waals surface area (Å²) in [5.41, 5.74) is 1.73. The molecule has 0 saturated carbocycles. The highest BCUT2D eigenvalue weighted by atomic mass is 19.3. The lowest BCUT2D eigenvalue weighted by Gasteiger charge is -2.14. The van der Waals surface area contributed by atoms with E-state index in [1.807, 2.05) is 12.1 Å². The van der Waals surface area contributed by atoms with Gasteiger partial charge in [0.25, 0.3) is 0 Å². The maximum Gasteiger partial charge on any atom is 0.387 e. The van der Waals surface area contributed by atoms with E-state index in [0.717, 1.165) is 11.1 Å². The lowest BCUT2D eigenvalue weighted by Crippen LogP contribution is -2.02. The van der Waals surface area contributed by atoms with E-state index in [0.29, 0.717) is 30.1 Å². The number of methoxy groups -OCH3 is 3. The van der Waals surface area contributed by atoms with Crippen LogP contribution >= 0.6 is 0 Å². The van der Waals surface area contributed by atoms with Gasteiger partial charge < -0.3 is 24.1 Å². The minimum Gasteiger partial charge on any atom is -0.504 e. The molecule has 0 aromatic heterocycles. The fraction of sp³-hybridized carbons (Fsp3) is 0.333. The van der Waals surface area contributed by atoms with Gasteiger partial charge in [-0.05, 0) is 48.2 Å². The van der Waals surface area contributed by atoms with Crippen LogP contribution < -0.4 is 18.9 Å². The molecule has 0 bridgehead atoms. The van der Waals surface area contributed by atoms with Crippen LogP contribution in [0.5, 0.6) is 28.7 Å². The van der Waals surface area contributed by atoms with Crippen LogP contribution in [0.2, 0.25) is 0 Å². The molecule has 0 atom stereocenters. The summed E-state index contributed by atoms with van der Waals surface area (Å²) in [5, 5.41) is 9.76. The van der Waals surface area contributed by atoms with Crippen molar-refractivity contribution in [2.75, 3.05) is 21.3 Å². The third kappa shape index (κ3) is 4.65. The lowest BCUT2D eigenvalue weighted by atomic mass is 10.0. The maximum absolute atomic E-state index is 12.2. The Kier molecular flexibility index (Phi) is 6.27. The first kappa shape index (κ1) is 18.6. The van der Waals surface area contributed by atoms with E-state index in [2.05, 4.69) is 4.74 Å². The molecule has 0 aliphatic rings. The molecule has 0 aliphatic heterocycles. The number of halogens is 2. The molecule has 0 radical (unpaired) electrons. The van der Waals surface area contributed by atoms with Crippen molar-refractivity contribution in [2.24, 2.45) is 0 Å². The topological polar surface area (TPSA) is 57.2 Å². The van der Waals surface area contributed by atoms with E-state index in [9.17, 15) is 13.9 Å². The van der Waals surface area contributed by atoms with Crippen molar-refractivity contribution in [1.82, 2.24) is 0 Å². The van der Waals surface area contributed by atoms with Gasteiger partial charge >= 0.3 is 6.61 Å². The number of rotatable bonds is 8. The molecule has 7 heteroatoms. The average Bonchev–Trinajstić information content (AvgIpc) is 2.60. The van der Waals surface area contributed by atoms with Gasteiger partial charge in [0.15, 0.2) is 23.0 Å². The molecule has 0 fully saturated rings. The molecule has 5 nitrogen and oxygen atoms in total. The Labute approximate surface area is 144 Å². The summed E-state index contributed by atoms with van der Waals surface area (Å²) in [6.07, 6.45) is 1.21. The van der Waals surface area contributed by atoms with Gasteiger partial charge in [-0.3, -0.25) is 0 Å². The zero-order chi connectivity index (χ0) is 18.4. The van der Waals surface area contributed by atoms with Crippen LogP contribution in [0.4, 0.5) is 8.78 Å². The van der Waals surface area contributed by atoms with E-state index >= 15 is 0 Å². The van der Waals surface area contributed by atoms with Gasteiger partial charge in [0, 0.05) is 0 Å². The molecular formula is C18H20F2O5. The van der Waals surface area contributed by atoms with Crippen LogP contribution in [0.25, 0.3) is 0 Å². The number of hydrogen-bond acceptors (Lipinski definition) is 5. The van der Waals surface area contributed by atoms with E-state index < -0.39 is 6.61 Å². The van der Waals surface area contributed by atoms with Crippen molar-refractivity contribution >= 4 is 0 Å². The molecule has 0 spiro atoms. The van der Waals surface area contributed by atoms with Gasteiger partial charge in [0.05, 0.1) is 21.3 Å². The summed E-state index contributed by atoms with van der Waals surface area (Å²) < 4.78 is 44.5. The molecule has 0 aliphatic carbocycles. The molecule has 2 aromatic carbocycles. The summed E-state index contributed by atoms with van der Waals surface area (Å²) in [6, 6.07) is 8.06. The number of benzene rings is 2. The second-order valence-electron chi connectivity index (χ2n) is 5.21. The number of aromatic hydroxyl groups is 1. The minimum absolute atomic E-state index is 0.244. The highest BCUT2D eigenvalue weighted by Gasteiger charge is 2.14. The van der Waals surface area contributed by atoms with Crippen molar-refractivity contribution in [2.45, 2.75) is 19.5 Å². The normalized spacial score (nSPS) is 10.6. The van der Waals surface area contributed by atoms with Crippen LogP contribution in [0.1, 0.15) is 11.1 Å². The van der Waals surface area contributed by atoms with Gasteiger partial charge in [-0.25, -0.2) is 0 Å². The number of hydrogen-bond donors (Lipinski definition) is 1. The average molecular weight is 354 g/mol. The first-order valence-corrected chi connectivity index (χ1v) is 7.54. The predicted molar refractivity (Wildman–Crippen MR) is 88.2 cm³/mol. The number of aryl methyl sites for hydroxylation is 2. The predicted octanol–water partition coefficient (Wildman–Crippen LogP) is 3.80. The van der Waals surface area contributed by atoms with E-state index in [1.165, 1.54) is 19.2 Å². The molecule has 2 aromatic rings. The second kappa shape index (κ2) is 8.41. The maximum atomic E-state index is 12.2. The molecule has 0 saturated heterocycles. The molecule has 2 rings (SSSR count). The minimum atomic E-state index is -2.98. The molecule has 0 amide bonds. The number of phenolic OH excluding ortho intramolecular Hbond substituents is 1. The smallest absolute Gasteiger partial charge is 0.387 e. The summed E-state index contributed by atoms with van der Waals surface area (Å²) in [5.74, 6) is 1.06. The molecule has 25 heavy (non-hydrogen) atoms. The summed E-state index contributed by atoms with van der Waals surface area (Å²) >= 11 is 0. The molecule has 0 heterocycles. The van der Waals surface area contributed by atoms with Crippen LogP contribution in [0.15, 0.2) is 30.3 Å². The van der Waals surface area contributed by atoms with Crippen LogP contribution in [-0.2, 0) is 12.8 Å². The van der Waals surface area contributed by atoms with Gasteiger partial charge in [-0.2, -0.15) is 8.78 Å². The SMILES string of the molecule is COc1cc(CCc2ccc(OC(F)F)c(O)c2)cc(OC)c1OC.